The first kappa shape index (κ1) is 24.5. The highest BCUT2D eigenvalue weighted by molar-refractivity contribution is 7.99. The van der Waals surface area contributed by atoms with Gasteiger partial charge < -0.3 is 14.8 Å². The summed E-state index contributed by atoms with van der Waals surface area (Å²) in [5.74, 6) is 1.52. The number of aryl methyl sites for hydroxylation is 1. The Kier molecular flexibility index (Phi) is 7.41. The topological polar surface area (TPSA) is 76.6 Å². The van der Waals surface area contributed by atoms with Crippen molar-refractivity contribution in [3.8, 4) is 11.5 Å². The maximum Gasteiger partial charge on any atom is 0.241 e. The van der Waals surface area contributed by atoms with Gasteiger partial charge >= 0.3 is 0 Å². The van der Waals surface area contributed by atoms with Crippen molar-refractivity contribution < 1.29 is 14.3 Å². The third-order valence-corrected chi connectivity index (χ3v) is 8.33. The Balaban J connectivity index is 1.38. The van der Waals surface area contributed by atoms with E-state index in [9.17, 15) is 4.79 Å². The lowest BCUT2D eigenvalue weighted by Crippen LogP contribution is -2.39. The maximum atomic E-state index is 13.6. The molecular formula is C27H28N4O3S2. The number of rotatable bonds is 8. The van der Waals surface area contributed by atoms with Gasteiger partial charge in [-0.05, 0) is 61.9 Å². The van der Waals surface area contributed by atoms with Crippen molar-refractivity contribution in [2.75, 3.05) is 26.1 Å². The number of fused-ring (bicyclic) bond motifs is 1. The second kappa shape index (κ2) is 10.9. The van der Waals surface area contributed by atoms with Crippen LogP contribution in [0.15, 0.2) is 65.8 Å². The molecule has 2 atom stereocenters. The van der Waals surface area contributed by atoms with Gasteiger partial charge in [0, 0.05) is 35.8 Å². The van der Waals surface area contributed by atoms with Crippen molar-refractivity contribution >= 4 is 44.9 Å². The Labute approximate surface area is 218 Å². The van der Waals surface area contributed by atoms with Gasteiger partial charge in [0.15, 0.2) is 0 Å². The number of likely N-dealkylation sites (tertiary alicyclic amines) is 1. The molecule has 186 valence electrons. The molecule has 1 aliphatic heterocycles. The van der Waals surface area contributed by atoms with Gasteiger partial charge in [-0.3, -0.25) is 9.69 Å². The van der Waals surface area contributed by atoms with Crippen molar-refractivity contribution in [3.05, 3.63) is 71.4 Å². The average molecular weight is 521 g/mol. The lowest BCUT2D eigenvalue weighted by atomic mass is 10.1. The number of anilines is 1. The number of nitrogens with zero attached hydrogens (tertiary/aromatic N) is 3. The normalized spacial score (nSPS) is 17.9. The number of methoxy groups -OCH3 is 2. The monoisotopic (exact) mass is 520 g/mol. The van der Waals surface area contributed by atoms with E-state index in [2.05, 4.69) is 20.2 Å². The smallest absolute Gasteiger partial charge is 0.241 e. The molecule has 1 saturated heterocycles. The van der Waals surface area contributed by atoms with E-state index >= 15 is 0 Å². The molecular weight excluding hydrogens is 492 g/mol. The molecule has 9 heteroatoms. The largest absolute Gasteiger partial charge is 0.497 e. The SMILES string of the molecule is COc1ccc(OC)c(CN2C[C@H](Sc3ccccn3)C[C@H]2C(=O)Nc2ccc3sc(C)nc3c2)c1. The first-order chi connectivity index (χ1) is 17.5. The van der Waals surface area contributed by atoms with Crippen LogP contribution in [0.5, 0.6) is 11.5 Å². The van der Waals surface area contributed by atoms with Gasteiger partial charge in [0.1, 0.15) is 11.5 Å². The van der Waals surface area contributed by atoms with Crippen molar-refractivity contribution in [1.29, 1.82) is 0 Å². The fourth-order valence-corrected chi connectivity index (χ4v) is 6.52. The van der Waals surface area contributed by atoms with Gasteiger partial charge in [0.2, 0.25) is 5.91 Å². The second-order valence-electron chi connectivity index (χ2n) is 8.67. The van der Waals surface area contributed by atoms with Crippen LogP contribution in [0.3, 0.4) is 0 Å². The van der Waals surface area contributed by atoms with Crippen LogP contribution in [0, 0.1) is 6.92 Å². The molecule has 0 unspecified atom stereocenters. The van der Waals surface area contributed by atoms with Crippen LogP contribution in [-0.4, -0.2) is 52.8 Å². The number of thiazole rings is 1. The number of carbonyl (C=O) groups is 1. The molecule has 2 aromatic heterocycles. The Hall–Kier alpha value is -3.14. The molecule has 1 amide bonds. The minimum Gasteiger partial charge on any atom is -0.497 e. The van der Waals surface area contributed by atoms with Crippen LogP contribution in [-0.2, 0) is 11.3 Å². The summed E-state index contributed by atoms with van der Waals surface area (Å²) in [5.41, 5.74) is 2.65. The third-order valence-electron chi connectivity index (χ3n) is 6.22. The van der Waals surface area contributed by atoms with Gasteiger partial charge in [0.05, 0.1) is 40.5 Å². The molecule has 1 aliphatic rings. The van der Waals surface area contributed by atoms with Crippen molar-refractivity contribution in [2.45, 2.75) is 36.2 Å². The van der Waals surface area contributed by atoms with Crippen molar-refractivity contribution in [3.63, 3.8) is 0 Å². The quantitative estimate of drug-likeness (QED) is 0.334. The highest BCUT2D eigenvalue weighted by Crippen LogP contribution is 2.35. The second-order valence-corrected chi connectivity index (χ2v) is 11.2. The highest BCUT2D eigenvalue weighted by Gasteiger charge is 2.38. The molecule has 1 N–H and O–H groups in total. The number of thioether (sulfide) groups is 1. The summed E-state index contributed by atoms with van der Waals surface area (Å²) in [4.78, 5) is 24.8. The number of pyridine rings is 1. The number of aromatic nitrogens is 2. The van der Waals surface area contributed by atoms with E-state index in [1.807, 2.05) is 61.5 Å². The molecule has 4 aromatic rings. The number of benzene rings is 2. The zero-order valence-corrected chi connectivity index (χ0v) is 22.1. The minimum absolute atomic E-state index is 0.0210. The lowest BCUT2D eigenvalue weighted by Gasteiger charge is -2.24. The Morgan fingerprint density at radius 2 is 2.06 bits per heavy atom. The van der Waals surface area contributed by atoms with E-state index in [1.54, 1.807) is 43.5 Å². The molecule has 0 aliphatic carbocycles. The molecule has 5 rings (SSSR count). The van der Waals surface area contributed by atoms with Gasteiger partial charge in [-0.2, -0.15) is 0 Å². The number of hydrogen-bond acceptors (Lipinski definition) is 8. The summed E-state index contributed by atoms with van der Waals surface area (Å²) < 4.78 is 12.2. The molecule has 0 spiro atoms. The molecule has 3 heterocycles. The van der Waals surface area contributed by atoms with Gasteiger partial charge in [-0.25, -0.2) is 9.97 Å². The van der Waals surface area contributed by atoms with Gasteiger partial charge in [-0.15, -0.1) is 23.1 Å². The number of nitrogens with one attached hydrogen (secondary N) is 1. The fourth-order valence-electron chi connectivity index (χ4n) is 4.55. The number of hydrogen-bond donors (Lipinski definition) is 1. The van der Waals surface area contributed by atoms with Crippen LogP contribution >= 0.6 is 23.1 Å². The van der Waals surface area contributed by atoms with Crippen LogP contribution in [0.4, 0.5) is 5.69 Å². The summed E-state index contributed by atoms with van der Waals surface area (Å²) in [6.07, 6.45) is 2.52. The van der Waals surface area contributed by atoms with Crippen LogP contribution in [0.25, 0.3) is 10.2 Å². The first-order valence-corrected chi connectivity index (χ1v) is 13.4. The molecule has 2 aromatic carbocycles. The third kappa shape index (κ3) is 5.48. The fraction of sp³-hybridized carbons (Fsp3) is 0.296. The standard InChI is InChI=1S/C27H28N4O3S2/c1-17-29-22-13-19(7-10-25(22)35-17)30-27(32)23-14-21(36-26-6-4-5-11-28-26)16-31(23)15-18-12-20(33-2)8-9-24(18)34-3/h4-13,21,23H,14-16H2,1-3H3,(H,30,32)/t21-,23+/m1/s1. The summed E-state index contributed by atoms with van der Waals surface area (Å²) in [7, 11) is 3.31. The summed E-state index contributed by atoms with van der Waals surface area (Å²) in [5, 5.41) is 5.35. The number of carbonyl (C=O) groups excluding carboxylic acids is 1. The van der Waals surface area contributed by atoms with Crippen LogP contribution in [0.1, 0.15) is 17.0 Å². The van der Waals surface area contributed by atoms with Crippen molar-refractivity contribution in [2.24, 2.45) is 0 Å². The van der Waals surface area contributed by atoms with Crippen molar-refractivity contribution in [1.82, 2.24) is 14.9 Å². The van der Waals surface area contributed by atoms with Gasteiger partial charge in [0.25, 0.3) is 0 Å². The first-order valence-electron chi connectivity index (χ1n) is 11.7. The zero-order chi connectivity index (χ0) is 25.1. The van der Waals surface area contributed by atoms with E-state index in [-0.39, 0.29) is 17.2 Å². The van der Waals surface area contributed by atoms with E-state index in [4.69, 9.17) is 9.47 Å². The highest BCUT2D eigenvalue weighted by atomic mass is 32.2. The van der Waals surface area contributed by atoms with Crippen LogP contribution < -0.4 is 14.8 Å². The van der Waals surface area contributed by atoms with Crippen LogP contribution in [0.2, 0.25) is 0 Å². The maximum absolute atomic E-state index is 13.6. The molecule has 36 heavy (non-hydrogen) atoms. The molecule has 0 bridgehead atoms. The molecule has 0 radical (unpaired) electrons. The number of ether oxygens (including phenoxy) is 2. The molecule has 1 fully saturated rings. The summed E-state index contributed by atoms with van der Waals surface area (Å²) >= 11 is 3.37. The summed E-state index contributed by atoms with van der Waals surface area (Å²) in [6, 6.07) is 17.3. The predicted molar refractivity (Wildman–Crippen MR) is 145 cm³/mol. The van der Waals surface area contributed by atoms with Gasteiger partial charge in [-0.1, -0.05) is 6.07 Å². The Morgan fingerprint density at radius 3 is 2.83 bits per heavy atom. The summed E-state index contributed by atoms with van der Waals surface area (Å²) in [6.45, 7) is 3.32. The van der Waals surface area contributed by atoms with E-state index < -0.39 is 0 Å². The molecule has 7 nitrogen and oxygen atoms in total. The lowest BCUT2D eigenvalue weighted by molar-refractivity contribution is -0.120. The number of amides is 1. The minimum atomic E-state index is -0.296. The molecule has 0 saturated carbocycles. The average Bonchev–Trinajstić information content (AvgIpc) is 3.46. The van der Waals surface area contributed by atoms with E-state index in [0.29, 0.717) is 6.54 Å². The predicted octanol–water partition coefficient (Wildman–Crippen LogP) is 5.39. The van der Waals surface area contributed by atoms with E-state index in [0.717, 1.165) is 56.0 Å². The Morgan fingerprint density at radius 1 is 1.17 bits per heavy atom. The van der Waals surface area contributed by atoms with E-state index in [1.165, 1.54) is 0 Å². The Bertz CT molecular complexity index is 1360. The zero-order valence-electron chi connectivity index (χ0n) is 20.4.